The summed E-state index contributed by atoms with van der Waals surface area (Å²) in [6, 6.07) is 9.97. The summed E-state index contributed by atoms with van der Waals surface area (Å²) < 4.78 is 16.3. The fraction of sp³-hybridized carbons (Fsp3) is 0.609. The number of fused-ring (bicyclic) bond motifs is 1. The number of para-hydroxylation sites is 1. The molecule has 0 radical (unpaired) electrons. The van der Waals surface area contributed by atoms with Crippen molar-refractivity contribution in [3.63, 3.8) is 0 Å². The van der Waals surface area contributed by atoms with E-state index in [9.17, 15) is 20.4 Å². The number of aliphatic hydroxyl groups is 4. The molecule has 0 saturated carbocycles. The number of aromatic nitrogens is 1. The summed E-state index contributed by atoms with van der Waals surface area (Å²) in [5, 5.41) is 39.9. The van der Waals surface area contributed by atoms with E-state index >= 15 is 0 Å². The summed E-state index contributed by atoms with van der Waals surface area (Å²) in [6.07, 6.45) is 1.79. The van der Waals surface area contributed by atoms with Crippen molar-refractivity contribution >= 4 is 10.9 Å². The molecule has 8 heteroatoms. The van der Waals surface area contributed by atoms with Crippen molar-refractivity contribution in [3.05, 3.63) is 36.5 Å². The van der Waals surface area contributed by atoms with Crippen molar-refractivity contribution in [3.8, 4) is 5.75 Å². The number of benzene rings is 1. The Balaban J connectivity index is 1.22. The first-order valence-corrected chi connectivity index (χ1v) is 11.0. The second-order valence-electron chi connectivity index (χ2n) is 7.90. The fourth-order valence-electron chi connectivity index (χ4n) is 3.71. The van der Waals surface area contributed by atoms with Gasteiger partial charge in [-0.2, -0.15) is 0 Å². The maximum absolute atomic E-state index is 10.1. The quantitative estimate of drug-likeness (QED) is 0.372. The smallest absolute Gasteiger partial charge is 0.184 e. The van der Waals surface area contributed by atoms with Crippen LogP contribution in [-0.4, -0.2) is 75.9 Å². The van der Waals surface area contributed by atoms with E-state index in [1.165, 1.54) is 0 Å². The van der Waals surface area contributed by atoms with Gasteiger partial charge in [-0.3, -0.25) is 4.98 Å². The lowest BCUT2D eigenvalue weighted by Gasteiger charge is -2.39. The number of aliphatic hydroxyl groups excluding tert-OH is 4. The number of pyridine rings is 1. The summed E-state index contributed by atoms with van der Waals surface area (Å²) in [7, 11) is 0. The number of rotatable bonds is 12. The lowest BCUT2D eigenvalue weighted by atomic mass is 9.99. The van der Waals surface area contributed by atoms with Gasteiger partial charge in [0.15, 0.2) is 6.29 Å². The Morgan fingerprint density at radius 2 is 1.61 bits per heavy atom. The average molecular weight is 436 g/mol. The van der Waals surface area contributed by atoms with E-state index in [0.717, 1.165) is 55.2 Å². The monoisotopic (exact) mass is 435 g/mol. The maximum Gasteiger partial charge on any atom is 0.184 e. The minimum atomic E-state index is -1.47. The van der Waals surface area contributed by atoms with Gasteiger partial charge in [-0.25, -0.2) is 0 Å². The van der Waals surface area contributed by atoms with Crippen LogP contribution in [0.1, 0.15) is 38.5 Å². The highest BCUT2D eigenvalue weighted by atomic mass is 16.6. The molecular weight excluding hydrogens is 402 g/mol. The zero-order valence-electron chi connectivity index (χ0n) is 17.7. The normalized spacial score (nSPS) is 26.3. The third-order valence-corrected chi connectivity index (χ3v) is 5.52. The number of hydrogen-bond donors (Lipinski definition) is 4. The molecule has 0 bridgehead atoms. The summed E-state index contributed by atoms with van der Waals surface area (Å²) in [5.74, 6) is 0.793. The third-order valence-electron chi connectivity index (χ3n) is 5.52. The number of nitrogens with zero attached hydrogens (tertiary/aromatic N) is 1. The van der Waals surface area contributed by atoms with Crippen molar-refractivity contribution in [1.82, 2.24) is 4.98 Å². The molecular formula is C23H33NO7. The predicted octanol–water partition coefficient (Wildman–Crippen LogP) is 1.77. The van der Waals surface area contributed by atoms with Gasteiger partial charge in [-0.15, -0.1) is 0 Å². The Kier molecular flexibility index (Phi) is 9.45. The molecule has 2 heterocycles. The van der Waals surface area contributed by atoms with Gasteiger partial charge < -0.3 is 34.6 Å². The van der Waals surface area contributed by atoms with E-state index in [0.29, 0.717) is 13.2 Å². The van der Waals surface area contributed by atoms with E-state index in [2.05, 4.69) is 4.98 Å². The Hall–Kier alpha value is -1.81. The summed E-state index contributed by atoms with van der Waals surface area (Å²) >= 11 is 0. The van der Waals surface area contributed by atoms with Crippen molar-refractivity contribution in [1.29, 1.82) is 0 Å². The standard InChI is InChI=1S/C23H33NO7/c25-15-19-20(26)22(21(27)23(28)31-19)30-12-8-4-2-1-3-7-11-29-17-13-16-9-5-6-10-18(16)24-14-17/h5-6,9-10,13-14,19-23,25-28H,1-4,7-8,11-12,15H2/t19-,20-,21-,22+,23?/m1/s1. The van der Waals surface area contributed by atoms with E-state index in [4.69, 9.17) is 14.2 Å². The molecule has 1 aromatic carbocycles. The van der Waals surface area contributed by atoms with Crippen LogP contribution in [0.25, 0.3) is 10.9 Å². The lowest BCUT2D eigenvalue weighted by Crippen LogP contribution is -2.59. The molecule has 5 atom stereocenters. The average Bonchev–Trinajstić information content (AvgIpc) is 2.79. The first kappa shape index (κ1) is 23.8. The first-order chi connectivity index (χ1) is 15.1. The molecule has 8 nitrogen and oxygen atoms in total. The number of unbranched alkanes of at least 4 members (excludes halogenated alkanes) is 5. The third kappa shape index (κ3) is 6.83. The van der Waals surface area contributed by atoms with Gasteiger partial charge >= 0.3 is 0 Å². The second kappa shape index (κ2) is 12.3. The maximum atomic E-state index is 10.1. The highest BCUT2D eigenvalue weighted by molar-refractivity contribution is 5.79. The molecule has 3 rings (SSSR count). The summed E-state index contributed by atoms with van der Waals surface area (Å²) in [6.45, 7) is 0.574. The van der Waals surface area contributed by atoms with E-state index in [-0.39, 0.29) is 0 Å². The zero-order valence-corrected chi connectivity index (χ0v) is 17.7. The van der Waals surface area contributed by atoms with Crippen LogP contribution in [0.4, 0.5) is 0 Å². The van der Waals surface area contributed by atoms with E-state index in [1.54, 1.807) is 6.20 Å². The molecule has 0 amide bonds. The number of ether oxygens (including phenoxy) is 3. The minimum absolute atomic E-state index is 0.363. The van der Waals surface area contributed by atoms with Crippen LogP contribution in [0.3, 0.4) is 0 Å². The molecule has 1 unspecified atom stereocenters. The van der Waals surface area contributed by atoms with Gasteiger partial charge in [-0.05, 0) is 25.0 Å². The van der Waals surface area contributed by atoms with Crippen molar-refractivity contribution in [2.45, 2.75) is 69.2 Å². The van der Waals surface area contributed by atoms with Crippen LogP contribution in [0, 0.1) is 0 Å². The van der Waals surface area contributed by atoms with Gasteiger partial charge in [0.1, 0.15) is 30.2 Å². The summed E-state index contributed by atoms with van der Waals surface area (Å²) in [4.78, 5) is 4.39. The van der Waals surface area contributed by atoms with E-state index in [1.807, 2.05) is 30.3 Å². The Morgan fingerprint density at radius 1 is 0.903 bits per heavy atom. The van der Waals surface area contributed by atoms with E-state index < -0.39 is 37.3 Å². The molecule has 31 heavy (non-hydrogen) atoms. The first-order valence-electron chi connectivity index (χ1n) is 11.0. The van der Waals surface area contributed by atoms with Gasteiger partial charge in [0.05, 0.1) is 24.9 Å². The highest BCUT2D eigenvalue weighted by Gasteiger charge is 2.44. The molecule has 1 saturated heterocycles. The van der Waals surface area contributed by atoms with Gasteiger partial charge in [0.2, 0.25) is 0 Å². The van der Waals surface area contributed by atoms with Crippen LogP contribution < -0.4 is 4.74 Å². The predicted molar refractivity (Wildman–Crippen MR) is 115 cm³/mol. The molecule has 1 fully saturated rings. The second-order valence-corrected chi connectivity index (χ2v) is 7.90. The topological polar surface area (TPSA) is 122 Å². The molecule has 1 aliphatic rings. The lowest BCUT2D eigenvalue weighted by molar-refractivity contribution is -0.294. The van der Waals surface area contributed by atoms with Gasteiger partial charge in [-0.1, -0.05) is 43.9 Å². The zero-order chi connectivity index (χ0) is 22.1. The number of hydrogen-bond acceptors (Lipinski definition) is 8. The summed E-state index contributed by atoms with van der Waals surface area (Å²) in [5.41, 5.74) is 0.962. The van der Waals surface area contributed by atoms with Gasteiger partial charge in [0.25, 0.3) is 0 Å². The largest absolute Gasteiger partial charge is 0.492 e. The van der Waals surface area contributed by atoms with Crippen LogP contribution in [0.2, 0.25) is 0 Å². The van der Waals surface area contributed by atoms with Crippen molar-refractivity contribution < 1.29 is 34.6 Å². The molecule has 1 aliphatic heterocycles. The van der Waals surface area contributed by atoms with Crippen molar-refractivity contribution in [2.24, 2.45) is 0 Å². The van der Waals surface area contributed by atoms with Crippen LogP contribution >= 0.6 is 0 Å². The van der Waals surface area contributed by atoms with Crippen LogP contribution in [0.5, 0.6) is 5.75 Å². The Morgan fingerprint density at radius 3 is 2.39 bits per heavy atom. The molecule has 172 valence electrons. The fourth-order valence-corrected chi connectivity index (χ4v) is 3.71. The highest BCUT2D eigenvalue weighted by Crippen LogP contribution is 2.23. The molecule has 2 aromatic rings. The van der Waals surface area contributed by atoms with Crippen LogP contribution in [0.15, 0.2) is 36.5 Å². The molecule has 0 spiro atoms. The molecule has 0 aliphatic carbocycles. The van der Waals surface area contributed by atoms with Crippen molar-refractivity contribution in [2.75, 3.05) is 19.8 Å². The Bertz CT molecular complexity index is 789. The Labute approximate surface area is 182 Å². The molecule has 4 N–H and O–H groups in total. The minimum Gasteiger partial charge on any atom is -0.492 e. The molecule has 1 aromatic heterocycles. The SMILES string of the molecule is OC[C@H]1OC(O)[C@H](O)[C@@H](OCCCCCCCCOc2cnc3ccccc3c2)[C@@H]1O. The van der Waals surface area contributed by atoms with Gasteiger partial charge in [0, 0.05) is 12.0 Å². The van der Waals surface area contributed by atoms with Crippen LogP contribution in [-0.2, 0) is 9.47 Å².